The van der Waals surface area contributed by atoms with Crippen molar-refractivity contribution in [1.82, 2.24) is 20.1 Å². The van der Waals surface area contributed by atoms with Gasteiger partial charge in [0.2, 0.25) is 5.91 Å². The molecule has 0 aliphatic carbocycles. The van der Waals surface area contributed by atoms with Crippen molar-refractivity contribution >= 4 is 29.3 Å². The first-order valence-corrected chi connectivity index (χ1v) is 8.28. The maximum absolute atomic E-state index is 12.4. The van der Waals surface area contributed by atoms with E-state index in [2.05, 4.69) is 29.2 Å². The zero-order valence-electron chi connectivity index (χ0n) is 15.5. The van der Waals surface area contributed by atoms with E-state index in [9.17, 15) is 9.59 Å². The van der Waals surface area contributed by atoms with Crippen LogP contribution in [0.2, 0.25) is 0 Å². The molecule has 0 saturated carbocycles. The molecule has 2 aromatic rings. The molecule has 7 nitrogen and oxygen atoms in total. The number of aromatic amines is 1. The van der Waals surface area contributed by atoms with Crippen molar-refractivity contribution in [1.29, 1.82) is 0 Å². The average molecular weight is 370 g/mol. The van der Waals surface area contributed by atoms with Crippen LogP contribution in [0.1, 0.15) is 37.1 Å². The highest BCUT2D eigenvalue weighted by atomic mass is 35.5. The number of nitrogens with zero attached hydrogens (tertiary/aromatic N) is 2. The first kappa shape index (κ1) is 21.2. The van der Waals surface area contributed by atoms with E-state index in [-0.39, 0.29) is 36.3 Å². The maximum Gasteiger partial charge on any atom is 0.273 e. The summed E-state index contributed by atoms with van der Waals surface area (Å²) in [5.74, 6) is 0.369. The monoisotopic (exact) mass is 369 g/mol. The summed E-state index contributed by atoms with van der Waals surface area (Å²) in [4.78, 5) is 29.0. The molecule has 1 atom stereocenters. The number of halogens is 1. The number of pyridine rings is 1. The normalized spacial score (nSPS) is 12.3. The summed E-state index contributed by atoms with van der Waals surface area (Å²) in [6.45, 7) is 8.34. The Balaban J connectivity index is 0.00000312. The molecule has 140 valence electrons. The minimum absolute atomic E-state index is 0. The molecule has 0 bridgehead atoms. The molecule has 0 aromatic carbocycles. The second kappa shape index (κ2) is 8.49. The van der Waals surface area contributed by atoms with Gasteiger partial charge in [0, 0.05) is 25.3 Å². The number of hydrogen-bond donors (Lipinski definition) is 3. The molecule has 2 aromatic heterocycles. The molecule has 2 heterocycles. The number of rotatable bonds is 6. The minimum atomic E-state index is -0.182. The number of nitrogens with two attached hydrogens (primary N) is 1. The van der Waals surface area contributed by atoms with Gasteiger partial charge in [-0.25, -0.2) is 4.98 Å². The highest BCUT2D eigenvalue weighted by Crippen LogP contribution is 2.20. The average Bonchev–Trinajstić information content (AvgIpc) is 2.76. The van der Waals surface area contributed by atoms with Gasteiger partial charge in [-0.1, -0.05) is 13.8 Å². The Kier molecular flexibility index (Phi) is 7.19. The topological polar surface area (TPSA) is 106 Å². The van der Waals surface area contributed by atoms with Crippen molar-refractivity contribution < 1.29 is 4.79 Å². The van der Waals surface area contributed by atoms with E-state index in [4.69, 9.17) is 5.73 Å². The second-order valence-corrected chi connectivity index (χ2v) is 6.81. The van der Waals surface area contributed by atoms with Gasteiger partial charge < -0.3 is 11.1 Å². The smallest absolute Gasteiger partial charge is 0.273 e. The van der Waals surface area contributed by atoms with Crippen LogP contribution in [0.5, 0.6) is 0 Å². The first-order chi connectivity index (χ1) is 11.2. The van der Waals surface area contributed by atoms with Crippen LogP contribution in [-0.4, -0.2) is 33.3 Å². The summed E-state index contributed by atoms with van der Waals surface area (Å²) in [7, 11) is 1.75. The number of amides is 1. The van der Waals surface area contributed by atoms with Crippen molar-refractivity contribution in [3.05, 3.63) is 27.2 Å². The largest absolute Gasteiger partial charge is 0.352 e. The Labute approximate surface area is 153 Å². The Morgan fingerprint density at radius 3 is 2.56 bits per heavy atom. The second-order valence-electron chi connectivity index (χ2n) is 6.81. The van der Waals surface area contributed by atoms with Crippen molar-refractivity contribution in [2.24, 2.45) is 18.7 Å². The number of fused-ring (bicyclic) bond motifs is 1. The van der Waals surface area contributed by atoms with Crippen molar-refractivity contribution in [3.63, 3.8) is 0 Å². The molecule has 0 fully saturated rings. The van der Waals surface area contributed by atoms with Gasteiger partial charge in [0.15, 0.2) is 5.65 Å². The Hall–Kier alpha value is -1.86. The Bertz CT molecular complexity index is 809. The van der Waals surface area contributed by atoms with Gasteiger partial charge in [0.25, 0.3) is 5.56 Å². The third kappa shape index (κ3) is 4.61. The molecule has 0 aliphatic rings. The number of aryl methyl sites for hydroxylation is 3. The van der Waals surface area contributed by atoms with E-state index >= 15 is 0 Å². The lowest BCUT2D eigenvalue weighted by molar-refractivity contribution is -0.121. The highest BCUT2D eigenvalue weighted by Gasteiger charge is 2.19. The number of hydrogen-bond acceptors (Lipinski definition) is 4. The number of H-pyrrole nitrogens is 1. The molecule has 8 heteroatoms. The molecular weight excluding hydrogens is 342 g/mol. The van der Waals surface area contributed by atoms with E-state index < -0.39 is 0 Å². The van der Waals surface area contributed by atoms with Crippen LogP contribution in [-0.2, 0) is 18.3 Å². The van der Waals surface area contributed by atoms with Crippen LogP contribution >= 0.6 is 12.4 Å². The van der Waals surface area contributed by atoms with E-state index in [1.165, 1.54) is 0 Å². The predicted molar refractivity (Wildman–Crippen MR) is 102 cm³/mol. The Morgan fingerprint density at radius 1 is 1.36 bits per heavy atom. The fourth-order valence-electron chi connectivity index (χ4n) is 3.13. The van der Waals surface area contributed by atoms with E-state index in [0.717, 1.165) is 23.2 Å². The van der Waals surface area contributed by atoms with Crippen molar-refractivity contribution in [3.8, 4) is 0 Å². The summed E-state index contributed by atoms with van der Waals surface area (Å²) in [6.07, 6.45) is 1.04. The van der Waals surface area contributed by atoms with Crippen LogP contribution < -0.4 is 16.6 Å². The highest BCUT2D eigenvalue weighted by molar-refractivity contribution is 5.85. The van der Waals surface area contributed by atoms with Crippen LogP contribution in [0, 0.1) is 19.8 Å². The Morgan fingerprint density at radius 2 is 2.00 bits per heavy atom. The van der Waals surface area contributed by atoms with Gasteiger partial charge in [-0.05, 0) is 37.3 Å². The van der Waals surface area contributed by atoms with Crippen molar-refractivity contribution in [2.75, 3.05) is 6.54 Å². The van der Waals surface area contributed by atoms with Gasteiger partial charge in [0.1, 0.15) is 0 Å². The van der Waals surface area contributed by atoms with Crippen LogP contribution in [0.25, 0.3) is 11.0 Å². The summed E-state index contributed by atoms with van der Waals surface area (Å²) in [5.41, 5.74) is 8.55. The summed E-state index contributed by atoms with van der Waals surface area (Å²) < 4.78 is 1.61. The standard InChI is InChI=1S/C17H27N5O2.ClH/c1-9(2)6-12(8-18)20-14(23)7-13-10(3)15-16(19-11(13)4)22(5)21-17(15)24;/h9,12H,6-8,18H2,1-5H3,(H,20,23)(H,21,24);1H. The SMILES string of the molecule is Cc1nc2c(c(C)c1CC(=O)NC(CN)CC(C)C)c(=O)[nH]n2C.Cl. The van der Waals surface area contributed by atoms with Gasteiger partial charge in [-0.15, -0.1) is 12.4 Å². The van der Waals surface area contributed by atoms with E-state index in [1.807, 2.05) is 13.8 Å². The zero-order chi connectivity index (χ0) is 18.0. The molecule has 0 aliphatic heterocycles. The third-order valence-corrected chi connectivity index (χ3v) is 4.32. The lowest BCUT2D eigenvalue weighted by Crippen LogP contribution is -2.41. The summed E-state index contributed by atoms with van der Waals surface area (Å²) in [6, 6.07) is -0.0325. The number of carbonyl (C=O) groups is 1. The summed E-state index contributed by atoms with van der Waals surface area (Å²) in [5, 5.41) is 6.24. The third-order valence-electron chi connectivity index (χ3n) is 4.32. The van der Waals surface area contributed by atoms with Gasteiger partial charge in [-0.2, -0.15) is 0 Å². The molecule has 2 rings (SSSR count). The minimum Gasteiger partial charge on any atom is -0.352 e. The quantitative estimate of drug-likeness (QED) is 0.714. The van der Waals surface area contributed by atoms with Crippen LogP contribution in [0.15, 0.2) is 4.79 Å². The fourth-order valence-corrected chi connectivity index (χ4v) is 3.13. The lowest BCUT2D eigenvalue weighted by Gasteiger charge is -2.19. The number of nitrogens with one attached hydrogen (secondary N) is 2. The van der Waals surface area contributed by atoms with Crippen LogP contribution in [0.4, 0.5) is 0 Å². The molecule has 4 N–H and O–H groups in total. The first-order valence-electron chi connectivity index (χ1n) is 8.28. The predicted octanol–water partition coefficient (Wildman–Crippen LogP) is 1.33. The van der Waals surface area contributed by atoms with Crippen molar-refractivity contribution in [2.45, 2.75) is 46.6 Å². The summed E-state index contributed by atoms with van der Waals surface area (Å²) >= 11 is 0. The number of aromatic nitrogens is 3. The fraction of sp³-hybridized carbons (Fsp3) is 0.588. The number of carbonyl (C=O) groups excluding carboxylic acids is 1. The molecule has 1 amide bonds. The maximum atomic E-state index is 12.4. The van der Waals surface area contributed by atoms with Crippen LogP contribution in [0.3, 0.4) is 0 Å². The molecule has 0 radical (unpaired) electrons. The van der Waals surface area contributed by atoms with E-state index in [1.54, 1.807) is 11.7 Å². The lowest BCUT2D eigenvalue weighted by atomic mass is 10.0. The van der Waals surface area contributed by atoms with Gasteiger partial charge in [-0.3, -0.25) is 19.4 Å². The molecule has 25 heavy (non-hydrogen) atoms. The van der Waals surface area contributed by atoms with Gasteiger partial charge >= 0.3 is 0 Å². The molecule has 1 unspecified atom stereocenters. The molecule has 0 spiro atoms. The molecule has 0 saturated heterocycles. The van der Waals surface area contributed by atoms with E-state index in [0.29, 0.717) is 23.5 Å². The zero-order valence-corrected chi connectivity index (χ0v) is 16.3. The van der Waals surface area contributed by atoms with Gasteiger partial charge in [0.05, 0.1) is 11.8 Å². The molecular formula is C17H28ClN5O2.